The Morgan fingerprint density at radius 1 is 1.22 bits per heavy atom. The fraction of sp³-hybridized carbons (Fsp3) is 0.667. The van der Waals surface area contributed by atoms with Crippen molar-refractivity contribution in [1.29, 1.82) is 0 Å². The number of nitrogens with zero attached hydrogens (tertiary/aromatic N) is 2. The Bertz CT molecular complexity index is 631. The van der Waals surface area contributed by atoms with Gasteiger partial charge in [0.1, 0.15) is 4.21 Å². The summed E-state index contributed by atoms with van der Waals surface area (Å²) in [6, 6.07) is 3.33. The molecule has 2 aliphatic heterocycles. The molecule has 0 aromatic carbocycles. The van der Waals surface area contributed by atoms with Crippen LogP contribution in [-0.4, -0.2) is 68.8 Å². The van der Waals surface area contributed by atoms with Crippen LogP contribution in [0.2, 0.25) is 0 Å². The summed E-state index contributed by atoms with van der Waals surface area (Å²) in [5, 5.41) is 1.78. The molecule has 23 heavy (non-hydrogen) atoms. The Kier molecular flexibility index (Phi) is 5.05. The number of hydrogen-bond donors (Lipinski definition) is 1. The van der Waals surface area contributed by atoms with Gasteiger partial charge in [0.25, 0.3) is 15.9 Å². The molecular formula is C15H24N3O3S2+. The van der Waals surface area contributed by atoms with Gasteiger partial charge in [0.05, 0.1) is 26.2 Å². The van der Waals surface area contributed by atoms with Gasteiger partial charge in [0.2, 0.25) is 0 Å². The van der Waals surface area contributed by atoms with E-state index in [1.54, 1.807) is 21.8 Å². The molecule has 8 heteroatoms. The number of quaternary nitrogens is 1. The molecule has 3 heterocycles. The Morgan fingerprint density at radius 2 is 1.87 bits per heavy atom. The second-order valence-electron chi connectivity index (χ2n) is 6.25. The number of rotatable bonds is 4. The van der Waals surface area contributed by atoms with Crippen LogP contribution < -0.4 is 4.90 Å². The van der Waals surface area contributed by atoms with Gasteiger partial charge in [-0.2, -0.15) is 4.31 Å². The van der Waals surface area contributed by atoms with Crippen molar-refractivity contribution < 1.29 is 18.1 Å². The first-order valence-corrected chi connectivity index (χ1v) is 10.5. The highest BCUT2D eigenvalue weighted by Gasteiger charge is 2.36. The first kappa shape index (κ1) is 16.9. The van der Waals surface area contributed by atoms with Gasteiger partial charge in [-0.25, -0.2) is 8.42 Å². The van der Waals surface area contributed by atoms with Crippen LogP contribution in [0.5, 0.6) is 0 Å². The van der Waals surface area contributed by atoms with Gasteiger partial charge in [-0.05, 0) is 31.2 Å². The zero-order valence-electron chi connectivity index (χ0n) is 13.4. The molecular weight excluding hydrogens is 334 g/mol. The number of thiophene rings is 1. The number of carbonyl (C=O) groups excluding carboxylic acids is 1. The molecule has 0 saturated carbocycles. The van der Waals surface area contributed by atoms with E-state index in [-0.39, 0.29) is 11.9 Å². The summed E-state index contributed by atoms with van der Waals surface area (Å²) in [6.07, 6.45) is 2.20. The third-order valence-electron chi connectivity index (χ3n) is 4.85. The maximum absolute atomic E-state index is 12.5. The van der Waals surface area contributed by atoms with Crippen molar-refractivity contribution in [2.24, 2.45) is 0 Å². The Labute approximate surface area is 141 Å². The van der Waals surface area contributed by atoms with Crippen molar-refractivity contribution >= 4 is 27.3 Å². The Hall–Kier alpha value is -0.960. The van der Waals surface area contributed by atoms with Crippen LogP contribution in [0.3, 0.4) is 0 Å². The van der Waals surface area contributed by atoms with Gasteiger partial charge in [0, 0.05) is 13.1 Å². The molecule has 0 radical (unpaired) electrons. The smallest absolute Gasteiger partial charge is 0.280 e. The minimum absolute atomic E-state index is 0.0836. The number of likely N-dealkylation sites (tertiary alicyclic amines) is 1. The summed E-state index contributed by atoms with van der Waals surface area (Å²) in [6.45, 7) is 6.04. The van der Waals surface area contributed by atoms with Gasteiger partial charge < -0.3 is 9.80 Å². The number of nitrogens with one attached hydrogen (secondary N) is 1. The average molecular weight is 359 g/mol. The van der Waals surface area contributed by atoms with Crippen molar-refractivity contribution in [3.8, 4) is 0 Å². The zero-order valence-corrected chi connectivity index (χ0v) is 15.0. The summed E-state index contributed by atoms with van der Waals surface area (Å²) in [5.74, 6) is 0.215. The van der Waals surface area contributed by atoms with E-state index in [2.05, 4.69) is 0 Å². The highest BCUT2D eigenvalue weighted by molar-refractivity contribution is 7.91. The van der Waals surface area contributed by atoms with E-state index in [9.17, 15) is 13.2 Å². The fourth-order valence-corrected chi connectivity index (χ4v) is 5.96. The maximum atomic E-state index is 12.5. The SMILES string of the molecule is C[C@H](C(=O)N1CCCC1)[NH+]1CCN(S(=O)(=O)c2cccs2)CC1. The van der Waals surface area contributed by atoms with E-state index in [4.69, 9.17) is 0 Å². The van der Waals surface area contributed by atoms with Crippen molar-refractivity contribution in [3.05, 3.63) is 17.5 Å². The molecule has 1 atom stereocenters. The van der Waals surface area contributed by atoms with Crippen molar-refractivity contribution in [2.75, 3.05) is 39.3 Å². The molecule has 0 unspecified atom stereocenters. The lowest BCUT2D eigenvalue weighted by molar-refractivity contribution is -0.918. The Balaban J connectivity index is 1.59. The van der Waals surface area contributed by atoms with E-state index in [1.807, 2.05) is 11.8 Å². The first-order chi connectivity index (χ1) is 11.0. The molecule has 2 fully saturated rings. The van der Waals surface area contributed by atoms with Crippen LogP contribution in [0.4, 0.5) is 0 Å². The van der Waals surface area contributed by atoms with E-state index in [0.717, 1.165) is 25.9 Å². The predicted molar refractivity (Wildman–Crippen MR) is 89.1 cm³/mol. The summed E-state index contributed by atoms with van der Waals surface area (Å²) >= 11 is 1.26. The van der Waals surface area contributed by atoms with Gasteiger partial charge in [0.15, 0.2) is 6.04 Å². The molecule has 1 amide bonds. The average Bonchev–Trinajstić information content (AvgIpc) is 3.26. The highest BCUT2D eigenvalue weighted by atomic mass is 32.2. The minimum atomic E-state index is -3.36. The normalized spacial score (nSPS) is 22.4. The molecule has 1 aromatic rings. The van der Waals surface area contributed by atoms with Gasteiger partial charge in [-0.1, -0.05) is 6.07 Å². The maximum Gasteiger partial charge on any atom is 0.280 e. The lowest BCUT2D eigenvalue weighted by Crippen LogP contribution is -3.19. The van der Waals surface area contributed by atoms with Crippen molar-refractivity contribution in [3.63, 3.8) is 0 Å². The third-order valence-corrected chi connectivity index (χ3v) is 8.13. The number of hydrogen-bond acceptors (Lipinski definition) is 4. The molecule has 0 aliphatic carbocycles. The zero-order chi connectivity index (χ0) is 16.4. The van der Waals surface area contributed by atoms with Gasteiger partial charge >= 0.3 is 0 Å². The molecule has 1 N–H and O–H groups in total. The molecule has 128 valence electrons. The quantitative estimate of drug-likeness (QED) is 0.800. The van der Waals surface area contributed by atoms with Crippen molar-refractivity contribution in [2.45, 2.75) is 30.0 Å². The fourth-order valence-electron chi connectivity index (χ4n) is 3.37. The standard InChI is InChI=1S/C15H23N3O3S2/c1-13(15(19)17-6-2-3-7-17)16-8-10-18(11-9-16)23(20,21)14-5-4-12-22-14/h4-5,12-13H,2-3,6-11H2,1H3/p+1/t13-/m1/s1. The molecule has 2 saturated heterocycles. The number of amides is 1. The molecule has 0 bridgehead atoms. The molecule has 6 nitrogen and oxygen atoms in total. The largest absolute Gasteiger partial charge is 0.338 e. The molecule has 2 aliphatic rings. The molecule has 3 rings (SSSR count). The molecule has 1 aromatic heterocycles. The number of sulfonamides is 1. The lowest BCUT2D eigenvalue weighted by Gasteiger charge is -2.35. The monoisotopic (exact) mass is 358 g/mol. The highest BCUT2D eigenvalue weighted by Crippen LogP contribution is 2.20. The summed E-state index contributed by atoms with van der Waals surface area (Å²) in [4.78, 5) is 15.6. The third kappa shape index (κ3) is 3.45. The van der Waals surface area contributed by atoms with Gasteiger partial charge in [-0.3, -0.25) is 4.79 Å². The predicted octanol–water partition coefficient (Wildman–Crippen LogP) is -0.352. The summed E-state index contributed by atoms with van der Waals surface area (Å²) in [7, 11) is -3.36. The summed E-state index contributed by atoms with van der Waals surface area (Å²) in [5.41, 5.74) is 0. The Morgan fingerprint density at radius 3 is 2.43 bits per heavy atom. The van der Waals surface area contributed by atoms with E-state index in [0.29, 0.717) is 30.4 Å². The first-order valence-electron chi connectivity index (χ1n) is 8.17. The van der Waals surface area contributed by atoms with Crippen LogP contribution in [0.25, 0.3) is 0 Å². The lowest BCUT2D eigenvalue weighted by atomic mass is 10.2. The van der Waals surface area contributed by atoms with Gasteiger partial charge in [-0.15, -0.1) is 11.3 Å². The van der Waals surface area contributed by atoms with Crippen LogP contribution in [-0.2, 0) is 14.8 Å². The second-order valence-corrected chi connectivity index (χ2v) is 9.36. The topological polar surface area (TPSA) is 62.1 Å². The minimum Gasteiger partial charge on any atom is -0.338 e. The van der Waals surface area contributed by atoms with Crippen LogP contribution in [0.1, 0.15) is 19.8 Å². The van der Waals surface area contributed by atoms with Crippen LogP contribution >= 0.6 is 11.3 Å². The van der Waals surface area contributed by atoms with E-state index >= 15 is 0 Å². The second kappa shape index (κ2) is 6.88. The number of carbonyl (C=O) groups is 1. The van der Waals surface area contributed by atoms with Crippen LogP contribution in [0, 0.1) is 0 Å². The van der Waals surface area contributed by atoms with Crippen LogP contribution in [0.15, 0.2) is 21.7 Å². The molecule has 0 spiro atoms. The number of piperazine rings is 1. The van der Waals surface area contributed by atoms with E-state index < -0.39 is 10.0 Å². The summed E-state index contributed by atoms with van der Waals surface area (Å²) < 4.78 is 27.0. The van der Waals surface area contributed by atoms with Crippen molar-refractivity contribution in [1.82, 2.24) is 9.21 Å². The van der Waals surface area contributed by atoms with E-state index in [1.165, 1.54) is 16.2 Å².